The Morgan fingerprint density at radius 2 is 2.00 bits per heavy atom. The molecule has 3 heterocycles. The average Bonchev–Trinajstić information content (AvgIpc) is 3.52. The maximum Gasteiger partial charge on any atom is 0.290 e. The summed E-state index contributed by atoms with van der Waals surface area (Å²) in [6, 6.07) is 7.97. The lowest BCUT2D eigenvalue weighted by Crippen LogP contribution is -2.43. The fraction of sp³-hybridized carbons (Fsp3) is 0.407. The first-order valence-corrected chi connectivity index (χ1v) is 12.1. The molecule has 1 atom stereocenters. The Morgan fingerprint density at radius 3 is 2.69 bits per heavy atom. The van der Waals surface area contributed by atoms with Gasteiger partial charge in [-0.15, -0.1) is 0 Å². The van der Waals surface area contributed by atoms with Crippen molar-refractivity contribution in [3.63, 3.8) is 0 Å². The maximum absolute atomic E-state index is 13.3. The summed E-state index contributed by atoms with van der Waals surface area (Å²) in [6.45, 7) is 6.28. The zero-order chi connectivity index (χ0) is 25.5. The summed E-state index contributed by atoms with van der Waals surface area (Å²) >= 11 is 0. The van der Waals surface area contributed by atoms with Crippen LogP contribution in [0, 0.1) is 0 Å². The van der Waals surface area contributed by atoms with Crippen LogP contribution in [-0.2, 0) is 14.3 Å². The number of hydrogen-bond acceptors (Lipinski definition) is 8. The maximum atomic E-state index is 13.3. The van der Waals surface area contributed by atoms with Gasteiger partial charge in [0.25, 0.3) is 5.91 Å². The van der Waals surface area contributed by atoms with E-state index in [1.165, 1.54) is 18.4 Å². The van der Waals surface area contributed by atoms with Crippen LogP contribution in [0.15, 0.2) is 58.4 Å². The molecule has 2 aromatic rings. The Hall–Kier alpha value is -3.56. The van der Waals surface area contributed by atoms with E-state index in [1.54, 1.807) is 42.3 Å². The molecule has 1 aromatic heterocycles. The van der Waals surface area contributed by atoms with Gasteiger partial charge in [0.15, 0.2) is 23.0 Å². The highest BCUT2D eigenvalue weighted by Gasteiger charge is 2.43. The zero-order valence-corrected chi connectivity index (χ0v) is 20.6. The second kappa shape index (κ2) is 11.9. The Kier molecular flexibility index (Phi) is 8.45. The molecule has 1 amide bonds. The minimum atomic E-state index is -0.776. The van der Waals surface area contributed by atoms with Gasteiger partial charge < -0.3 is 28.6 Å². The van der Waals surface area contributed by atoms with Crippen molar-refractivity contribution in [2.45, 2.75) is 19.4 Å². The Bertz CT molecular complexity index is 1120. The largest absolute Gasteiger partial charge is 0.503 e. The van der Waals surface area contributed by atoms with Crippen molar-refractivity contribution in [2.75, 3.05) is 53.1 Å². The lowest BCUT2D eigenvalue weighted by atomic mass is 9.95. The summed E-state index contributed by atoms with van der Waals surface area (Å²) in [4.78, 5) is 30.2. The molecule has 0 bridgehead atoms. The molecule has 1 aromatic carbocycles. The molecule has 0 spiro atoms. The second-order valence-corrected chi connectivity index (χ2v) is 8.59. The number of allylic oxidation sites excluding steroid dienone is 1. The fourth-order valence-electron chi connectivity index (χ4n) is 4.38. The number of carbonyl (C=O) groups is 2. The predicted octanol–water partition coefficient (Wildman–Crippen LogP) is 3.39. The third kappa shape index (κ3) is 5.63. The monoisotopic (exact) mass is 496 g/mol. The van der Waals surface area contributed by atoms with Gasteiger partial charge in [0.05, 0.1) is 44.8 Å². The molecule has 0 saturated carbocycles. The molecule has 1 saturated heterocycles. The van der Waals surface area contributed by atoms with Crippen molar-refractivity contribution in [3.05, 3.63) is 65.3 Å². The molecule has 192 valence electrons. The van der Waals surface area contributed by atoms with Crippen molar-refractivity contribution in [1.82, 2.24) is 9.80 Å². The lowest BCUT2D eigenvalue weighted by molar-refractivity contribution is -0.129. The van der Waals surface area contributed by atoms with Gasteiger partial charge in [0.1, 0.15) is 5.76 Å². The molecule has 1 unspecified atom stereocenters. The van der Waals surface area contributed by atoms with Gasteiger partial charge in [-0.25, -0.2) is 0 Å². The third-order valence-corrected chi connectivity index (χ3v) is 6.24. The quantitative estimate of drug-likeness (QED) is 0.473. The number of methoxy groups -OCH3 is 1. The standard InChI is InChI=1S/C27H32N2O7/c1-3-14-36-22-9-6-19(18-23(22)33-2)25-24(21(30)8-7-20-5-4-15-35-20)26(31)27(32)29(25)11-10-28-12-16-34-17-13-28/h4-9,15,18,25,31H,3,10-14,16-17H2,1-2H3/b8-7-. The topological polar surface area (TPSA) is 102 Å². The van der Waals surface area contributed by atoms with Crippen LogP contribution in [0.25, 0.3) is 6.08 Å². The number of nitrogens with zero attached hydrogens (tertiary/aromatic N) is 2. The highest BCUT2D eigenvalue weighted by Crippen LogP contribution is 2.41. The van der Waals surface area contributed by atoms with Gasteiger partial charge in [0.2, 0.25) is 0 Å². The average molecular weight is 497 g/mol. The van der Waals surface area contributed by atoms with E-state index in [9.17, 15) is 14.7 Å². The molecule has 2 aliphatic rings. The number of morpholine rings is 1. The Labute approximate surface area is 210 Å². The lowest BCUT2D eigenvalue weighted by Gasteiger charge is -2.31. The minimum Gasteiger partial charge on any atom is -0.503 e. The van der Waals surface area contributed by atoms with Crippen LogP contribution < -0.4 is 9.47 Å². The number of hydrogen-bond donors (Lipinski definition) is 1. The van der Waals surface area contributed by atoms with Crippen molar-refractivity contribution in [2.24, 2.45) is 0 Å². The molecule has 9 heteroatoms. The molecule has 0 aliphatic carbocycles. The van der Waals surface area contributed by atoms with Gasteiger partial charge >= 0.3 is 0 Å². The van der Waals surface area contributed by atoms with Crippen LogP contribution in [0.2, 0.25) is 0 Å². The molecule has 1 N–H and O–H groups in total. The highest BCUT2D eigenvalue weighted by atomic mass is 16.5. The number of ether oxygens (including phenoxy) is 3. The highest BCUT2D eigenvalue weighted by molar-refractivity contribution is 6.14. The van der Waals surface area contributed by atoms with E-state index in [1.807, 2.05) is 6.92 Å². The van der Waals surface area contributed by atoms with Crippen LogP contribution in [-0.4, -0.2) is 79.7 Å². The van der Waals surface area contributed by atoms with E-state index in [0.29, 0.717) is 55.7 Å². The van der Waals surface area contributed by atoms with Crippen LogP contribution in [0.4, 0.5) is 0 Å². The van der Waals surface area contributed by atoms with E-state index >= 15 is 0 Å². The third-order valence-electron chi connectivity index (χ3n) is 6.24. The summed E-state index contributed by atoms with van der Waals surface area (Å²) in [7, 11) is 1.54. The first kappa shape index (κ1) is 25.5. The number of benzene rings is 1. The fourth-order valence-corrected chi connectivity index (χ4v) is 4.38. The smallest absolute Gasteiger partial charge is 0.290 e. The van der Waals surface area contributed by atoms with Crippen molar-refractivity contribution < 1.29 is 33.3 Å². The summed E-state index contributed by atoms with van der Waals surface area (Å²) in [5.41, 5.74) is 0.666. The number of carbonyl (C=O) groups excluding carboxylic acids is 2. The van der Waals surface area contributed by atoms with Crippen molar-refractivity contribution in [3.8, 4) is 11.5 Å². The van der Waals surface area contributed by atoms with E-state index in [2.05, 4.69) is 4.90 Å². The normalized spacial score (nSPS) is 18.9. The Morgan fingerprint density at radius 1 is 1.19 bits per heavy atom. The van der Waals surface area contributed by atoms with E-state index in [4.69, 9.17) is 18.6 Å². The van der Waals surface area contributed by atoms with Crippen LogP contribution in [0.1, 0.15) is 30.7 Å². The molecule has 9 nitrogen and oxygen atoms in total. The van der Waals surface area contributed by atoms with E-state index in [-0.39, 0.29) is 5.57 Å². The second-order valence-electron chi connectivity index (χ2n) is 8.59. The van der Waals surface area contributed by atoms with Crippen LogP contribution >= 0.6 is 0 Å². The van der Waals surface area contributed by atoms with Crippen molar-refractivity contribution >= 4 is 17.8 Å². The molecule has 1 fully saturated rings. The summed E-state index contributed by atoms with van der Waals surface area (Å²) in [5, 5.41) is 10.8. The number of furan rings is 1. The number of ketones is 1. The summed E-state index contributed by atoms with van der Waals surface area (Å²) < 4.78 is 22.0. The number of aliphatic hydroxyl groups excluding tert-OH is 1. The van der Waals surface area contributed by atoms with E-state index in [0.717, 1.165) is 19.5 Å². The molecule has 36 heavy (non-hydrogen) atoms. The minimum absolute atomic E-state index is 0.0223. The number of aliphatic hydroxyl groups is 1. The zero-order valence-electron chi connectivity index (χ0n) is 20.6. The SMILES string of the molecule is CCCOc1ccc(C2C(C(=O)/C=C\c3ccco3)=C(O)C(=O)N2CCN2CCOCC2)cc1OC. The molecule has 2 aliphatic heterocycles. The molecule has 0 radical (unpaired) electrons. The van der Waals surface area contributed by atoms with Gasteiger partial charge in [-0.05, 0) is 48.4 Å². The van der Waals surface area contributed by atoms with Gasteiger partial charge in [-0.3, -0.25) is 14.5 Å². The predicted molar refractivity (Wildman–Crippen MR) is 133 cm³/mol. The molecule has 4 rings (SSSR count). The van der Waals surface area contributed by atoms with Crippen molar-refractivity contribution in [1.29, 1.82) is 0 Å². The number of amides is 1. The molecular weight excluding hydrogens is 464 g/mol. The van der Waals surface area contributed by atoms with E-state index < -0.39 is 23.5 Å². The summed E-state index contributed by atoms with van der Waals surface area (Å²) in [6.07, 6.45) is 5.17. The Balaban J connectivity index is 1.66. The van der Waals surface area contributed by atoms with Crippen LogP contribution in [0.5, 0.6) is 11.5 Å². The first-order chi connectivity index (χ1) is 17.5. The number of rotatable bonds is 11. The molecular formula is C27H32N2O7. The van der Waals surface area contributed by atoms with Gasteiger partial charge in [0, 0.05) is 26.2 Å². The van der Waals surface area contributed by atoms with Gasteiger partial charge in [-0.1, -0.05) is 13.0 Å². The summed E-state index contributed by atoms with van der Waals surface area (Å²) in [5.74, 6) is -0.0273. The van der Waals surface area contributed by atoms with Gasteiger partial charge in [-0.2, -0.15) is 0 Å². The first-order valence-electron chi connectivity index (χ1n) is 12.1. The van der Waals surface area contributed by atoms with Crippen LogP contribution in [0.3, 0.4) is 0 Å².